The van der Waals surface area contributed by atoms with Gasteiger partial charge < -0.3 is 15.0 Å². The van der Waals surface area contributed by atoms with E-state index in [9.17, 15) is 9.18 Å². The van der Waals surface area contributed by atoms with Gasteiger partial charge in [-0.2, -0.15) is 0 Å². The fourth-order valence-corrected chi connectivity index (χ4v) is 2.38. The molecule has 3 rings (SSSR count). The van der Waals surface area contributed by atoms with Crippen LogP contribution in [0.3, 0.4) is 0 Å². The second-order valence-corrected chi connectivity index (χ2v) is 5.17. The minimum absolute atomic E-state index is 0.142. The normalized spacial score (nSPS) is 10.7. The second kappa shape index (κ2) is 6.52. The average Bonchev–Trinajstić information content (AvgIpc) is 2.55. The molecule has 0 amide bonds. The van der Waals surface area contributed by atoms with Crippen LogP contribution in [0.25, 0.3) is 10.9 Å². The Morgan fingerprint density at radius 2 is 1.91 bits per heavy atom. The van der Waals surface area contributed by atoms with Gasteiger partial charge in [-0.1, -0.05) is 0 Å². The summed E-state index contributed by atoms with van der Waals surface area (Å²) in [7, 11) is 0. The van der Waals surface area contributed by atoms with Crippen LogP contribution in [-0.4, -0.2) is 11.6 Å². The highest BCUT2D eigenvalue weighted by Crippen LogP contribution is 2.19. The quantitative estimate of drug-likeness (QED) is 0.755. The van der Waals surface area contributed by atoms with E-state index in [1.54, 1.807) is 12.1 Å². The maximum absolute atomic E-state index is 12.9. The van der Waals surface area contributed by atoms with Gasteiger partial charge in [-0.15, -0.1) is 0 Å². The maximum Gasteiger partial charge on any atom is 0.253 e. The molecule has 0 aliphatic carbocycles. The number of benzene rings is 2. The minimum atomic E-state index is -0.289. The molecule has 1 aromatic heterocycles. The molecular formula is C18H17FN2O2. The molecule has 4 nitrogen and oxygen atoms in total. The van der Waals surface area contributed by atoms with Crippen LogP contribution in [0.5, 0.6) is 5.75 Å². The molecule has 0 saturated heterocycles. The van der Waals surface area contributed by atoms with Gasteiger partial charge in [0.1, 0.15) is 11.6 Å². The number of hydrogen-bond acceptors (Lipinski definition) is 3. The topological polar surface area (TPSA) is 54.1 Å². The average molecular weight is 312 g/mol. The molecule has 0 atom stereocenters. The number of halogens is 1. The highest BCUT2D eigenvalue weighted by atomic mass is 19.1. The van der Waals surface area contributed by atoms with Gasteiger partial charge in [0, 0.05) is 28.7 Å². The van der Waals surface area contributed by atoms with Crippen molar-refractivity contribution in [3.05, 3.63) is 70.3 Å². The lowest BCUT2D eigenvalue weighted by molar-refractivity contribution is 0.340. The summed E-state index contributed by atoms with van der Waals surface area (Å²) >= 11 is 0. The minimum Gasteiger partial charge on any atom is -0.494 e. The second-order valence-electron chi connectivity index (χ2n) is 5.17. The summed E-state index contributed by atoms with van der Waals surface area (Å²) in [6.07, 6.45) is 0. The molecule has 0 aliphatic rings. The van der Waals surface area contributed by atoms with Crippen molar-refractivity contribution < 1.29 is 9.13 Å². The van der Waals surface area contributed by atoms with Crippen LogP contribution >= 0.6 is 0 Å². The van der Waals surface area contributed by atoms with E-state index in [0.29, 0.717) is 18.7 Å². The number of aromatic amines is 1. The third-order valence-corrected chi connectivity index (χ3v) is 3.53. The smallest absolute Gasteiger partial charge is 0.253 e. The predicted molar refractivity (Wildman–Crippen MR) is 89.5 cm³/mol. The summed E-state index contributed by atoms with van der Waals surface area (Å²) in [4.78, 5) is 15.0. The summed E-state index contributed by atoms with van der Waals surface area (Å²) in [5.74, 6) is 0.479. The summed E-state index contributed by atoms with van der Waals surface area (Å²) in [6, 6.07) is 13.4. The summed E-state index contributed by atoms with van der Waals surface area (Å²) in [5, 5.41) is 4.02. The van der Waals surface area contributed by atoms with Gasteiger partial charge in [0.25, 0.3) is 5.56 Å². The number of rotatable bonds is 5. The van der Waals surface area contributed by atoms with Gasteiger partial charge in [-0.25, -0.2) is 4.39 Å². The molecule has 5 heteroatoms. The summed E-state index contributed by atoms with van der Waals surface area (Å²) < 4.78 is 18.4. The molecule has 0 aliphatic heterocycles. The van der Waals surface area contributed by atoms with Crippen molar-refractivity contribution in [2.75, 3.05) is 11.9 Å². The first kappa shape index (κ1) is 15.1. The number of fused-ring (bicyclic) bond motifs is 1. The molecule has 0 fully saturated rings. The van der Waals surface area contributed by atoms with Gasteiger partial charge in [-0.05, 0) is 55.5 Å². The predicted octanol–water partition coefficient (Wildman–Crippen LogP) is 3.68. The van der Waals surface area contributed by atoms with E-state index in [1.165, 1.54) is 12.1 Å². The maximum atomic E-state index is 12.9. The molecule has 118 valence electrons. The third kappa shape index (κ3) is 3.51. The van der Waals surface area contributed by atoms with Crippen LogP contribution in [0.2, 0.25) is 0 Å². The van der Waals surface area contributed by atoms with Crippen molar-refractivity contribution >= 4 is 16.6 Å². The van der Waals surface area contributed by atoms with Crippen LogP contribution in [-0.2, 0) is 6.54 Å². The SMILES string of the molecule is CCOc1ccc2[nH]c(=O)c(CNc3ccc(F)cc3)cc2c1. The fraction of sp³-hybridized carbons (Fsp3) is 0.167. The number of ether oxygens (including phenoxy) is 1. The van der Waals surface area contributed by atoms with E-state index in [4.69, 9.17) is 4.74 Å². The van der Waals surface area contributed by atoms with E-state index in [-0.39, 0.29) is 11.4 Å². The Hall–Kier alpha value is -2.82. The molecule has 23 heavy (non-hydrogen) atoms. The van der Waals surface area contributed by atoms with Gasteiger partial charge >= 0.3 is 0 Å². The molecule has 3 aromatic rings. The zero-order valence-corrected chi connectivity index (χ0v) is 12.7. The molecule has 1 heterocycles. The molecule has 2 aromatic carbocycles. The Balaban J connectivity index is 1.85. The number of pyridine rings is 1. The largest absolute Gasteiger partial charge is 0.494 e. The Labute approximate surface area is 132 Å². The first-order chi connectivity index (χ1) is 11.2. The van der Waals surface area contributed by atoms with E-state index in [0.717, 1.165) is 22.3 Å². The van der Waals surface area contributed by atoms with Crippen LogP contribution in [0.15, 0.2) is 53.3 Å². The first-order valence-electron chi connectivity index (χ1n) is 7.44. The Morgan fingerprint density at radius 1 is 1.13 bits per heavy atom. The van der Waals surface area contributed by atoms with Crippen molar-refractivity contribution in [2.45, 2.75) is 13.5 Å². The molecular weight excluding hydrogens is 295 g/mol. The fourth-order valence-electron chi connectivity index (χ4n) is 2.38. The van der Waals surface area contributed by atoms with Gasteiger partial charge in [0.2, 0.25) is 0 Å². The monoisotopic (exact) mass is 312 g/mol. The zero-order chi connectivity index (χ0) is 16.2. The van der Waals surface area contributed by atoms with E-state index in [2.05, 4.69) is 10.3 Å². The zero-order valence-electron chi connectivity index (χ0n) is 12.7. The van der Waals surface area contributed by atoms with E-state index in [1.807, 2.05) is 31.2 Å². The molecule has 0 radical (unpaired) electrons. The van der Waals surface area contributed by atoms with E-state index < -0.39 is 0 Å². The Bertz CT molecular complexity index is 872. The van der Waals surface area contributed by atoms with Crippen LogP contribution < -0.4 is 15.6 Å². The van der Waals surface area contributed by atoms with Crippen LogP contribution in [0, 0.1) is 5.82 Å². The van der Waals surface area contributed by atoms with Crippen molar-refractivity contribution in [2.24, 2.45) is 0 Å². The number of nitrogens with one attached hydrogen (secondary N) is 2. The number of H-pyrrole nitrogens is 1. The van der Waals surface area contributed by atoms with Crippen LogP contribution in [0.1, 0.15) is 12.5 Å². The number of hydrogen-bond donors (Lipinski definition) is 2. The number of anilines is 1. The molecule has 0 unspecified atom stereocenters. The first-order valence-corrected chi connectivity index (χ1v) is 7.44. The Morgan fingerprint density at radius 3 is 2.65 bits per heavy atom. The van der Waals surface area contributed by atoms with Crippen molar-refractivity contribution in [1.82, 2.24) is 4.98 Å². The lowest BCUT2D eigenvalue weighted by Gasteiger charge is -2.08. The molecule has 0 bridgehead atoms. The number of aromatic nitrogens is 1. The summed E-state index contributed by atoms with van der Waals surface area (Å²) in [5.41, 5.74) is 1.99. The van der Waals surface area contributed by atoms with Crippen molar-refractivity contribution in [1.29, 1.82) is 0 Å². The van der Waals surface area contributed by atoms with Crippen LogP contribution in [0.4, 0.5) is 10.1 Å². The van der Waals surface area contributed by atoms with E-state index >= 15 is 0 Å². The van der Waals surface area contributed by atoms with Crippen molar-refractivity contribution in [3.63, 3.8) is 0 Å². The van der Waals surface area contributed by atoms with Gasteiger partial charge in [0.05, 0.1) is 6.61 Å². The van der Waals surface area contributed by atoms with Crippen molar-refractivity contribution in [3.8, 4) is 5.75 Å². The summed E-state index contributed by atoms with van der Waals surface area (Å²) in [6.45, 7) is 2.87. The third-order valence-electron chi connectivity index (χ3n) is 3.53. The van der Waals surface area contributed by atoms with Gasteiger partial charge in [0.15, 0.2) is 0 Å². The lowest BCUT2D eigenvalue weighted by Crippen LogP contribution is -2.15. The highest BCUT2D eigenvalue weighted by molar-refractivity contribution is 5.80. The molecule has 2 N–H and O–H groups in total. The Kier molecular flexibility index (Phi) is 4.28. The standard InChI is InChI=1S/C18H17FN2O2/c1-2-23-16-7-8-17-12(10-16)9-13(18(22)21-17)11-20-15-5-3-14(19)4-6-15/h3-10,20H,2,11H2,1H3,(H,21,22). The highest BCUT2D eigenvalue weighted by Gasteiger charge is 2.05. The van der Waals surface area contributed by atoms with Gasteiger partial charge in [-0.3, -0.25) is 4.79 Å². The lowest BCUT2D eigenvalue weighted by atomic mass is 10.1. The molecule has 0 spiro atoms. The molecule has 0 saturated carbocycles.